The molecule has 1 fully saturated rings. The fourth-order valence-corrected chi connectivity index (χ4v) is 2.13. The van der Waals surface area contributed by atoms with Crippen LogP contribution in [0.1, 0.15) is 6.92 Å². The van der Waals surface area contributed by atoms with Crippen LogP contribution in [0, 0.1) is 21.7 Å². The van der Waals surface area contributed by atoms with E-state index in [-0.39, 0.29) is 11.7 Å². The number of nitro groups is 1. The van der Waals surface area contributed by atoms with Crippen LogP contribution in [0.2, 0.25) is 0 Å². The molecule has 2 rings (SSSR count). The molecule has 5 nitrogen and oxygen atoms in total. The standard InChI is InChI=1S/C11H13F2N3O2/c1-7-6-15(3-2-14-7)10-5-8(12)4-9(13)11(10)16(17)18/h4-5,7,14H,2-3,6H2,1H3. The first-order valence-corrected chi connectivity index (χ1v) is 5.61. The molecule has 1 aromatic rings. The van der Waals surface area contributed by atoms with Crippen LogP contribution >= 0.6 is 0 Å². The lowest BCUT2D eigenvalue weighted by atomic mass is 10.1. The zero-order valence-corrected chi connectivity index (χ0v) is 9.82. The fraction of sp³-hybridized carbons (Fsp3) is 0.455. The molecule has 0 amide bonds. The van der Waals surface area contributed by atoms with E-state index in [0.717, 1.165) is 6.07 Å². The second kappa shape index (κ2) is 4.85. The van der Waals surface area contributed by atoms with Crippen molar-refractivity contribution in [2.45, 2.75) is 13.0 Å². The summed E-state index contributed by atoms with van der Waals surface area (Å²) in [6, 6.07) is 1.66. The quantitative estimate of drug-likeness (QED) is 0.646. The molecule has 0 radical (unpaired) electrons. The summed E-state index contributed by atoms with van der Waals surface area (Å²) in [5, 5.41) is 14.0. The van der Waals surface area contributed by atoms with E-state index < -0.39 is 22.2 Å². The molecule has 1 unspecified atom stereocenters. The predicted molar refractivity (Wildman–Crippen MR) is 62.7 cm³/mol. The van der Waals surface area contributed by atoms with E-state index in [0.29, 0.717) is 25.7 Å². The highest BCUT2D eigenvalue weighted by Crippen LogP contribution is 2.32. The average Bonchev–Trinajstić information content (AvgIpc) is 2.27. The van der Waals surface area contributed by atoms with E-state index in [1.807, 2.05) is 6.92 Å². The summed E-state index contributed by atoms with van der Waals surface area (Å²) in [7, 11) is 0. The van der Waals surface area contributed by atoms with Crippen LogP contribution in [0.3, 0.4) is 0 Å². The fourth-order valence-electron chi connectivity index (χ4n) is 2.13. The highest BCUT2D eigenvalue weighted by atomic mass is 19.1. The summed E-state index contributed by atoms with van der Waals surface area (Å²) >= 11 is 0. The second-order valence-electron chi connectivity index (χ2n) is 4.31. The molecule has 1 heterocycles. The Kier molecular flexibility index (Phi) is 3.42. The van der Waals surface area contributed by atoms with Crippen LogP contribution in [-0.2, 0) is 0 Å². The molecule has 1 aliphatic rings. The number of hydrogen-bond donors (Lipinski definition) is 1. The molecule has 1 N–H and O–H groups in total. The van der Waals surface area contributed by atoms with Gasteiger partial charge >= 0.3 is 5.69 Å². The van der Waals surface area contributed by atoms with E-state index in [9.17, 15) is 18.9 Å². The zero-order chi connectivity index (χ0) is 13.3. The Bertz CT molecular complexity index is 482. The third-order valence-electron chi connectivity index (χ3n) is 2.90. The maximum Gasteiger partial charge on any atom is 0.328 e. The molecule has 0 spiro atoms. The van der Waals surface area contributed by atoms with Gasteiger partial charge in [-0.05, 0) is 6.92 Å². The van der Waals surface area contributed by atoms with Gasteiger partial charge < -0.3 is 10.2 Å². The molecule has 0 saturated carbocycles. The summed E-state index contributed by atoms with van der Waals surface area (Å²) in [5.74, 6) is -1.94. The van der Waals surface area contributed by atoms with Gasteiger partial charge in [-0.1, -0.05) is 0 Å². The Balaban J connectivity index is 2.44. The minimum Gasteiger partial charge on any atom is -0.363 e. The Morgan fingerprint density at radius 1 is 1.50 bits per heavy atom. The summed E-state index contributed by atoms with van der Waals surface area (Å²) in [6.45, 7) is 3.49. The van der Waals surface area contributed by atoms with E-state index >= 15 is 0 Å². The average molecular weight is 257 g/mol. The summed E-state index contributed by atoms with van der Waals surface area (Å²) in [4.78, 5) is 11.7. The number of rotatable bonds is 2. The Morgan fingerprint density at radius 2 is 2.22 bits per heavy atom. The van der Waals surface area contributed by atoms with Gasteiger partial charge in [0.2, 0.25) is 5.82 Å². The molecule has 0 bridgehead atoms. The molecule has 7 heteroatoms. The predicted octanol–water partition coefficient (Wildman–Crippen LogP) is 1.67. The SMILES string of the molecule is CC1CN(c2cc(F)cc(F)c2[N+](=O)[O-])CCN1. The maximum atomic E-state index is 13.5. The van der Waals surface area contributed by atoms with Crippen molar-refractivity contribution < 1.29 is 13.7 Å². The molecule has 1 atom stereocenters. The number of nitro benzene ring substituents is 1. The minimum absolute atomic E-state index is 0.00542. The molecule has 18 heavy (non-hydrogen) atoms. The third-order valence-corrected chi connectivity index (χ3v) is 2.90. The van der Waals surface area contributed by atoms with Crippen molar-refractivity contribution in [2.75, 3.05) is 24.5 Å². The van der Waals surface area contributed by atoms with Gasteiger partial charge in [-0.3, -0.25) is 10.1 Å². The van der Waals surface area contributed by atoms with Gasteiger partial charge in [0.15, 0.2) is 0 Å². The van der Waals surface area contributed by atoms with Crippen molar-refractivity contribution in [3.05, 3.63) is 33.9 Å². The van der Waals surface area contributed by atoms with Crippen LogP contribution in [0.5, 0.6) is 0 Å². The molecule has 0 aromatic heterocycles. The number of nitrogens with one attached hydrogen (secondary N) is 1. The van der Waals surface area contributed by atoms with Crippen molar-refractivity contribution in [3.63, 3.8) is 0 Å². The van der Waals surface area contributed by atoms with Gasteiger partial charge in [-0.25, -0.2) is 4.39 Å². The summed E-state index contributed by atoms with van der Waals surface area (Å²) < 4.78 is 26.7. The van der Waals surface area contributed by atoms with Gasteiger partial charge in [0.05, 0.1) is 4.92 Å². The number of piperazine rings is 1. The number of hydrogen-bond acceptors (Lipinski definition) is 4. The second-order valence-corrected chi connectivity index (χ2v) is 4.31. The monoisotopic (exact) mass is 257 g/mol. The molecule has 1 aliphatic heterocycles. The first-order valence-electron chi connectivity index (χ1n) is 5.61. The van der Waals surface area contributed by atoms with Gasteiger partial charge in [0.25, 0.3) is 0 Å². The number of anilines is 1. The molecular formula is C11H13F2N3O2. The van der Waals surface area contributed by atoms with Gasteiger partial charge in [0, 0.05) is 37.8 Å². The van der Waals surface area contributed by atoms with E-state index in [1.165, 1.54) is 0 Å². The van der Waals surface area contributed by atoms with Gasteiger partial charge in [0.1, 0.15) is 11.5 Å². The van der Waals surface area contributed by atoms with Crippen molar-refractivity contribution in [1.29, 1.82) is 0 Å². The van der Waals surface area contributed by atoms with Crippen LogP contribution in [0.4, 0.5) is 20.2 Å². The Morgan fingerprint density at radius 3 is 2.83 bits per heavy atom. The zero-order valence-electron chi connectivity index (χ0n) is 9.82. The van der Waals surface area contributed by atoms with E-state index in [1.54, 1.807) is 4.90 Å². The molecule has 1 saturated heterocycles. The molecule has 0 aliphatic carbocycles. The normalized spacial score (nSPS) is 19.9. The number of benzene rings is 1. The van der Waals surface area contributed by atoms with Crippen LogP contribution in [-0.4, -0.2) is 30.6 Å². The van der Waals surface area contributed by atoms with Crippen molar-refractivity contribution in [1.82, 2.24) is 5.32 Å². The Hall–Kier alpha value is -1.76. The smallest absolute Gasteiger partial charge is 0.328 e. The highest BCUT2D eigenvalue weighted by Gasteiger charge is 2.28. The maximum absolute atomic E-state index is 13.5. The van der Waals surface area contributed by atoms with Crippen LogP contribution in [0.15, 0.2) is 12.1 Å². The lowest BCUT2D eigenvalue weighted by Crippen LogP contribution is -2.49. The van der Waals surface area contributed by atoms with Gasteiger partial charge in [-0.15, -0.1) is 0 Å². The van der Waals surface area contributed by atoms with Crippen LogP contribution in [0.25, 0.3) is 0 Å². The van der Waals surface area contributed by atoms with E-state index in [2.05, 4.69) is 5.32 Å². The van der Waals surface area contributed by atoms with Crippen molar-refractivity contribution >= 4 is 11.4 Å². The molecular weight excluding hydrogens is 244 g/mol. The minimum atomic E-state index is -1.14. The number of nitrogens with zero attached hydrogens (tertiary/aromatic N) is 2. The van der Waals surface area contributed by atoms with Crippen molar-refractivity contribution in [3.8, 4) is 0 Å². The third kappa shape index (κ3) is 2.40. The lowest BCUT2D eigenvalue weighted by Gasteiger charge is -2.33. The first kappa shape index (κ1) is 12.7. The van der Waals surface area contributed by atoms with Gasteiger partial charge in [-0.2, -0.15) is 4.39 Å². The van der Waals surface area contributed by atoms with Crippen LogP contribution < -0.4 is 10.2 Å². The molecule has 1 aromatic carbocycles. The topological polar surface area (TPSA) is 58.4 Å². The van der Waals surface area contributed by atoms with Crippen molar-refractivity contribution in [2.24, 2.45) is 0 Å². The number of halogens is 2. The highest BCUT2D eigenvalue weighted by molar-refractivity contribution is 5.64. The Labute approximate surface area is 103 Å². The molecule has 98 valence electrons. The lowest BCUT2D eigenvalue weighted by molar-refractivity contribution is -0.386. The summed E-state index contributed by atoms with van der Waals surface area (Å²) in [6.07, 6.45) is 0. The first-order chi connectivity index (χ1) is 8.49. The largest absolute Gasteiger partial charge is 0.363 e. The van der Waals surface area contributed by atoms with E-state index in [4.69, 9.17) is 0 Å². The summed E-state index contributed by atoms with van der Waals surface area (Å²) in [5.41, 5.74) is -0.656.